The summed E-state index contributed by atoms with van der Waals surface area (Å²) in [7, 11) is 0. The Morgan fingerprint density at radius 3 is 2.69 bits per heavy atom. The Bertz CT molecular complexity index is 1580. The number of esters is 1. The van der Waals surface area contributed by atoms with E-state index in [4.69, 9.17) is 16.3 Å². The van der Waals surface area contributed by atoms with E-state index in [0.717, 1.165) is 11.3 Å². The number of nitrogens with zero attached hydrogens (tertiary/aromatic N) is 3. The molecule has 0 amide bonds. The number of aromatic hydroxyl groups is 1. The molecule has 2 aromatic carbocycles. The minimum absolute atomic E-state index is 0.0840. The van der Waals surface area contributed by atoms with Crippen molar-refractivity contribution in [2.24, 2.45) is 4.99 Å². The average molecular weight is 579 g/mol. The minimum Gasteiger partial charge on any atom is -0.502 e. The Morgan fingerprint density at radius 2 is 2.06 bits per heavy atom. The van der Waals surface area contributed by atoms with Crippen LogP contribution in [0.15, 0.2) is 61.9 Å². The first-order chi connectivity index (χ1) is 16.6. The van der Waals surface area contributed by atoms with Gasteiger partial charge in [0, 0.05) is 21.1 Å². The van der Waals surface area contributed by atoms with Crippen LogP contribution in [0.1, 0.15) is 31.0 Å². The first kappa shape index (κ1) is 24.8. The lowest BCUT2D eigenvalue weighted by Gasteiger charge is -2.24. The van der Waals surface area contributed by atoms with E-state index in [2.05, 4.69) is 20.9 Å². The maximum absolute atomic E-state index is 13.6. The Hall–Kier alpha value is -3.28. The summed E-state index contributed by atoms with van der Waals surface area (Å²) in [6, 6.07) is 8.55. The van der Waals surface area contributed by atoms with Crippen molar-refractivity contribution in [2.45, 2.75) is 19.9 Å². The Labute approximate surface area is 215 Å². The van der Waals surface area contributed by atoms with Gasteiger partial charge in [-0.2, -0.15) is 0 Å². The number of thiazole rings is 1. The van der Waals surface area contributed by atoms with E-state index < -0.39 is 33.9 Å². The van der Waals surface area contributed by atoms with Gasteiger partial charge in [0.05, 0.1) is 33.4 Å². The van der Waals surface area contributed by atoms with E-state index in [1.807, 2.05) is 0 Å². The van der Waals surface area contributed by atoms with Crippen LogP contribution in [0, 0.1) is 10.1 Å². The molecule has 0 saturated heterocycles. The second-order valence-corrected chi connectivity index (χ2v) is 9.83. The quantitative estimate of drug-likeness (QED) is 0.279. The van der Waals surface area contributed by atoms with Gasteiger partial charge in [-0.1, -0.05) is 51.0 Å². The highest BCUT2D eigenvalue weighted by atomic mass is 79.9. The van der Waals surface area contributed by atoms with Crippen molar-refractivity contribution in [3.63, 3.8) is 0 Å². The molecular formula is C23H17BrClN3O6S. The maximum Gasteiger partial charge on any atom is 0.338 e. The number of hydrogen-bond donors (Lipinski definition) is 1. The van der Waals surface area contributed by atoms with Crippen LogP contribution < -0.4 is 14.9 Å². The van der Waals surface area contributed by atoms with E-state index in [9.17, 15) is 24.8 Å². The van der Waals surface area contributed by atoms with Gasteiger partial charge in [-0.05, 0) is 43.7 Å². The number of carbonyl (C=O) groups is 1. The van der Waals surface area contributed by atoms with Crippen LogP contribution in [0.4, 0.5) is 5.69 Å². The molecule has 3 aromatic rings. The molecule has 1 N–H and O–H groups in total. The number of halogens is 2. The number of ether oxygens (including phenoxy) is 1. The number of hydrogen-bond acceptors (Lipinski definition) is 8. The van der Waals surface area contributed by atoms with Crippen molar-refractivity contribution < 1.29 is 19.6 Å². The molecule has 1 atom stereocenters. The number of phenols is 1. The summed E-state index contributed by atoms with van der Waals surface area (Å²) in [6.07, 6.45) is 1.36. The van der Waals surface area contributed by atoms with Crippen molar-refractivity contribution >= 4 is 56.6 Å². The van der Waals surface area contributed by atoms with Crippen molar-refractivity contribution in [3.05, 3.63) is 98.1 Å². The van der Waals surface area contributed by atoms with Crippen molar-refractivity contribution in [3.8, 4) is 5.75 Å². The van der Waals surface area contributed by atoms with Crippen LogP contribution in [0.2, 0.25) is 5.02 Å². The summed E-state index contributed by atoms with van der Waals surface area (Å²) in [6.45, 7) is 3.49. The summed E-state index contributed by atoms with van der Waals surface area (Å²) in [5.74, 6) is -1.16. The number of nitro benzene ring substituents is 1. The first-order valence-corrected chi connectivity index (χ1v) is 12.2. The monoisotopic (exact) mass is 577 g/mol. The van der Waals surface area contributed by atoms with Crippen LogP contribution in [-0.4, -0.2) is 27.2 Å². The van der Waals surface area contributed by atoms with Crippen LogP contribution in [0.5, 0.6) is 5.75 Å². The standard InChI is InChI=1S/C23H17BrClN3O6S/c1-3-34-22(31)18-11(2)26-23-27(19(18)12-4-6-15(25)7-5-12)21(30)17(35-23)9-13-8-14(24)10-16(20(13)29)28(32)33/h4-10,19,29H,3H2,1-2H3/b17-9-/t19-/m0/s1. The van der Waals surface area contributed by atoms with Crippen LogP contribution >= 0.6 is 38.9 Å². The largest absolute Gasteiger partial charge is 0.502 e. The zero-order chi connectivity index (χ0) is 25.4. The highest BCUT2D eigenvalue weighted by Gasteiger charge is 2.33. The summed E-state index contributed by atoms with van der Waals surface area (Å²) in [5.41, 5.74) is 0.343. The molecule has 1 aliphatic rings. The summed E-state index contributed by atoms with van der Waals surface area (Å²) in [4.78, 5) is 41.8. The number of aromatic nitrogens is 1. The summed E-state index contributed by atoms with van der Waals surface area (Å²) < 4.78 is 7.15. The Morgan fingerprint density at radius 1 is 1.37 bits per heavy atom. The van der Waals surface area contributed by atoms with E-state index in [1.54, 1.807) is 38.1 Å². The SMILES string of the molecule is CCOC(=O)C1=C(C)N=c2s/c(=C\c3cc(Br)cc([N+](=O)[O-])c3O)c(=O)n2[C@H]1c1ccc(Cl)cc1. The Kier molecular flexibility index (Phi) is 6.93. The molecule has 1 aliphatic heterocycles. The molecule has 2 heterocycles. The van der Waals surface area contributed by atoms with Gasteiger partial charge in [0.25, 0.3) is 5.56 Å². The molecule has 0 saturated carbocycles. The van der Waals surface area contributed by atoms with Crippen LogP contribution in [-0.2, 0) is 9.53 Å². The zero-order valence-electron chi connectivity index (χ0n) is 18.3. The second-order valence-electron chi connectivity index (χ2n) is 7.47. The van der Waals surface area contributed by atoms with E-state index >= 15 is 0 Å². The van der Waals surface area contributed by atoms with Crippen LogP contribution in [0.25, 0.3) is 6.08 Å². The second kappa shape index (κ2) is 9.76. The lowest BCUT2D eigenvalue weighted by molar-refractivity contribution is -0.385. The molecule has 0 unspecified atom stereocenters. The zero-order valence-corrected chi connectivity index (χ0v) is 21.5. The van der Waals surface area contributed by atoms with Gasteiger partial charge in [-0.3, -0.25) is 19.5 Å². The Balaban J connectivity index is 1.98. The molecule has 0 spiro atoms. The topological polar surface area (TPSA) is 124 Å². The maximum atomic E-state index is 13.6. The highest BCUT2D eigenvalue weighted by molar-refractivity contribution is 9.10. The molecule has 4 rings (SSSR count). The lowest BCUT2D eigenvalue weighted by atomic mass is 9.96. The molecule has 0 aliphatic carbocycles. The minimum atomic E-state index is -0.824. The normalized spacial score (nSPS) is 15.5. The van der Waals surface area contributed by atoms with Gasteiger partial charge in [-0.25, -0.2) is 9.79 Å². The van der Waals surface area contributed by atoms with Gasteiger partial charge in [0.15, 0.2) is 4.80 Å². The van der Waals surface area contributed by atoms with Crippen LogP contribution in [0.3, 0.4) is 0 Å². The van der Waals surface area contributed by atoms with Gasteiger partial charge in [0.1, 0.15) is 0 Å². The van der Waals surface area contributed by atoms with E-state index in [1.165, 1.54) is 22.8 Å². The third kappa shape index (κ3) is 4.66. The molecular weight excluding hydrogens is 562 g/mol. The molecule has 12 heteroatoms. The number of allylic oxidation sites excluding steroid dienone is 1. The summed E-state index contributed by atoms with van der Waals surface area (Å²) in [5, 5.41) is 22.2. The van der Waals surface area contributed by atoms with Crippen molar-refractivity contribution in [1.82, 2.24) is 4.57 Å². The fourth-order valence-electron chi connectivity index (χ4n) is 3.75. The molecule has 0 bridgehead atoms. The van der Waals surface area contributed by atoms with E-state index in [-0.39, 0.29) is 22.3 Å². The third-order valence-corrected chi connectivity index (χ3v) is 6.96. The predicted octanol–water partition coefficient (Wildman–Crippen LogP) is 3.83. The molecule has 180 valence electrons. The number of rotatable bonds is 5. The number of phenolic OH excluding ortho intramolecular Hbond substituents is 1. The van der Waals surface area contributed by atoms with Gasteiger partial charge in [0.2, 0.25) is 5.75 Å². The summed E-state index contributed by atoms with van der Waals surface area (Å²) >= 11 is 10.3. The smallest absolute Gasteiger partial charge is 0.338 e. The van der Waals surface area contributed by atoms with Crippen molar-refractivity contribution in [1.29, 1.82) is 0 Å². The lowest BCUT2D eigenvalue weighted by Crippen LogP contribution is -2.39. The molecule has 0 radical (unpaired) electrons. The third-order valence-electron chi connectivity index (χ3n) is 5.27. The van der Waals surface area contributed by atoms with Gasteiger partial charge < -0.3 is 9.84 Å². The molecule has 1 aromatic heterocycles. The average Bonchev–Trinajstić information content (AvgIpc) is 3.10. The number of nitro groups is 1. The number of carbonyl (C=O) groups excluding carboxylic acids is 1. The number of fused-ring (bicyclic) bond motifs is 1. The van der Waals surface area contributed by atoms with E-state index in [0.29, 0.717) is 25.6 Å². The highest BCUT2D eigenvalue weighted by Crippen LogP contribution is 2.34. The van der Waals surface area contributed by atoms with Gasteiger partial charge >= 0.3 is 11.7 Å². The molecule has 9 nitrogen and oxygen atoms in total. The van der Waals surface area contributed by atoms with Gasteiger partial charge in [-0.15, -0.1) is 0 Å². The first-order valence-electron chi connectivity index (χ1n) is 10.2. The molecule has 35 heavy (non-hydrogen) atoms. The van der Waals surface area contributed by atoms with Crippen molar-refractivity contribution in [2.75, 3.05) is 6.61 Å². The fourth-order valence-corrected chi connectivity index (χ4v) is 5.37. The molecule has 0 fully saturated rings. The predicted molar refractivity (Wildman–Crippen MR) is 134 cm³/mol. The number of benzene rings is 2. The fraction of sp³-hybridized carbons (Fsp3) is 0.174.